The largest absolute Gasteiger partial charge is 0.543 e. The summed E-state index contributed by atoms with van der Waals surface area (Å²) in [4.78, 5) is 10.2. The molecule has 0 aliphatic carbocycles. The summed E-state index contributed by atoms with van der Waals surface area (Å²) in [6.45, 7) is 0. The minimum Gasteiger partial charge on any atom is -0.543 e. The summed E-state index contributed by atoms with van der Waals surface area (Å²) in [6, 6.07) is 8.21. The molecule has 0 spiro atoms. The summed E-state index contributed by atoms with van der Waals surface area (Å²) >= 11 is 0. The van der Waals surface area contributed by atoms with Gasteiger partial charge in [0.1, 0.15) is 0 Å². The molecule has 0 radical (unpaired) electrons. The molecule has 0 aliphatic rings. The molecule has 0 fully saturated rings. The number of carbonyl (C=O) groups excluding carboxylic acids is 1. The summed E-state index contributed by atoms with van der Waals surface area (Å²) in [5.41, 5.74) is -0.113. The molecule has 3 nitrogen and oxygen atoms in total. The van der Waals surface area contributed by atoms with Gasteiger partial charge < -0.3 is 9.90 Å². The van der Waals surface area contributed by atoms with Crippen molar-refractivity contribution >= 4 is 11.7 Å². The van der Waals surface area contributed by atoms with Crippen LogP contribution in [0, 0.1) is 5.41 Å². The molecular weight excluding hydrogens is 142 g/mol. The number of carboxylic acids is 1. The van der Waals surface area contributed by atoms with Crippen molar-refractivity contribution in [3.63, 3.8) is 0 Å². The average molecular weight is 148 g/mol. The Balaban J connectivity index is 2.95. The lowest BCUT2D eigenvalue weighted by atomic mass is 10.1. The van der Waals surface area contributed by atoms with E-state index in [-0.39, 0.29) is 0 Å². The molecule has 3 heteroatoms. The number of aliphatic carboxylic acids is 1. The van der Waals surface area contributed by atoms with Gasteiger partial charge in [-0.3, -0.25) is 5.41 Å². The Hall–Kier alpha value is -1.64. The van der Waals surface area contributed by atoms with E-state index in [0.717, 1.165) is 0 Å². The van der Waals surface area contributed by atoms with Crippen LogP contribution >= 0.6 is 0 Å². The smallest absolute Gasteiger partial charge is 0.0898 e. The third kappa shape index (κ3) is 1.64. The van der Waals surface area contributed by atoms with E-state index < -0.39 is 11.7 Å². The quantitative estimate of drug-likeness (QED) is 0.590. The zero-order valence-corrected chi connectivity index (χ0v) is 5.70. The number of carboxylic acid groups (broad SMARTS) is 1. The second kappa shape index (κ2) is 2.96. The molecule has 0 saturated carbocycles. The SMILES string of the molecule is N=C(C(=O)[O-])c1ccccc1. The first-order chi connectivity index (χ1) is 5.22. The molecule has 0 bridgehead atoms. The van der Waals surface area contributed by atoms with E-state index in [1.165, 1.54) is 0 Å². The number of hydrogen-bond donors (Lipinski definition) is 1. The maximum atomic E-state index is 10.2. The lowest BCUT2D eigenvalue weighted by Crippen LogP contribution is -2.31. The molecule has 11 heavy (non-hydrogen) atoms. The molecule has 1 N–H and O–H groups in total. The van der Waals surface area contributed by atoms with Gasteiger partial charge >= 0.3 is 0 Å². The van der Waals surface area contributed by atoms with E-state index in [9.17, 15) is 9.90 Å². The molecule has 0 amide bonds. The van der Waals surface area contributed by atoms with E-state index in [4.69, 9.17) is 5.41 Å². The maximum absolute atomic E-state index is 10.2. The van der Waals surface area contributed by atoms with Gasteiger partial charge in [-0.25, -0.2) is 0 Å². The standard InChI is InChI=1S/C8H7NO2/c9-7(8(10)11)6-4-2-1-3-5-6/h1-5,9H,(H,10,11)/p-1. The second-order valence-corrected chi connectivity index (χ2v) is 2.03. The van der Waals surface area contributed by atoms with Gasteiger partial charge in [0.2, 0.25) is 0 Å². The number of hydrogen-bond acceptors (Lipinski definition) is 3. The van der Waals surface area contributed by atoms with Gasteiger partial charge in [-0.1, -0.05) is 30.3 Å². The lowest BCUT2D eigenvalue weighted by Gasteiger charge is -2.02. The first-order valence-corrected chi connectivity index (χ1v) is 3.07. The molecule has 0 atom stereocenters. The monoisotopic (exact) mass is 148 g/mol. The molecule has 56 valence electrons. The summed E-state index contributed by atoms with van der Waals surface area (Å²) in [5.74, 6) is -1.45. The van der Waals surface area contributed by atoms with Crippen LogP contribution in [0.1, 0.15) is 5.56 Å². The van der Waals surface area contributed by atoms with Crippen molar-refractivity contribution in [2.24, 2.45) is 0 Å². The molecule has 0 unspecified atom stereocenters. The van der Waals surface area contributed by atoms with E-state index in [1.807, 2.05) is 0 Å². The Kier molecular flexibility index (Phi) is 2.01. The average Bonchev–Trinajstić information content (AvgIpc) is 2.05. The fraction of sp³-hybridized carbons (Fsp3) is 0. The topological polar surface area (TPSA) is 64.0 Å². The predicted octanol–water partition coefficient (Wildman–Crippen LogP) is -0.196. The molecule has 1 aromatic rings. The lowest BCUT2D eigenvalue weighted by molar-refractivity contribution is -0.294. The van der Waals surface area contributed by atoms with E-state index >= 15 is 0 Å². The van der Waals surface area contributed by atoms with Crippen LogP contribution in [0.5, 0.6) is 0 Å². The van der Waals surface area contributed by atoms with Gasteiger partial charge in [0.15, 0.2) is 0 Å². The van der Waals surface area contributed by atoms with Gasteiger partial charge in [-0.05, 0) is 0 Å². The summed E-state index contributed by atoms with van der Waals surface area (Å²) in [5, 5.41) is 17.2. The van der Waals surface area contributed by atoms with Crippen LogP contribution in [-0.2, 0) is 4.79 Å². The third-order valence-corrected chi connectivity index (χ3v) is 1.27. The highest BCUT2D eigenvalue weighted by Gasteiger charge is 1.98. The van der Waals surface area contributed by atoms with Crippen molar-refractivity contribution in [2.45, 2.75) is 0 Å². The van der Waals surface area contributed by atoms with Crippen LogP contribution in [0.2, 0.25) is 0 Å². The minimum atomic E-state index is -1.45. The van der Waals surface area contributed by atoms with Gasteiger partial charge in [0.25, 0.3) is 0 Å². The Labute approximate surface area is 63.8 Å². The molecule has 0 saturated heterocycles. The van der Waals surface area contributed by atoms with Gasteiger partial charge in [-0.15, -0.1) is 0 Å². The fourth-order valence-electron chi connectivity index (χ4n) is 0.723. The van der Waals surface area contributed by atoms with Crippen LogP contribution in [-0.4, -0.2) is 11.7 Å². The normalized spacial score (nSPS) is 9.09. The number of benzene rings is 1. The van der Waals surface area contributed by atoms with E-state index in [1.54, 1.807) is 30.3 Å². The Morgan fingerprint density at radius 2 is 1.82 bits per heavy atom. The van der Waals surface area contributed by atoms with E-state index in [2.05, 4.69) is 0 Å². The Bertz CT molecular complexity index is 279. The minimum absolute atomic E-state index is 0.368. The second-order valence-electron chi connectivity index (χ2n) is 2.03. The summed E-state index contributed by atoms with van der Waals surface area (Å²) in [6.07, 6.45) is 0. The number of carbonyl (C=O) groups is 1. The molecule has 0 aliphatic heterocycles. The van der Waals surface area contributed by atoms with Crippen molar-refractivity contribution in [1.82, 2.24) is 0 Å². The third-order valence-electron chi connectivity index (χ3n) is 1.27. The number of rotatable bonds is 2. The Morgan fingerprint density at radius 1 is 1.27 bits per heavy atom. The first kappa shape index (κ1) is 7.47. The zero-order chi connectivity index (χ0) is 8.27. The van der Waals surface area contributed by atoms with Gasteiger partial charge in [0, 0.05) is 5.56 Å². The Morgan fingerprint density at radius 3 is 2.27 bits per heavy atom. The van der Waals surface area contributed by atoms with Crippen molar-refractivity contribution < 1.29 is 9.90 Å². The number of nitrogens with one attached hydrogen (secondary N) is 1. The molecule has 0 heterocycles. The highest BCUT2D eigenvalue weighted by atomic mass is 16.4. The van der Waals surface area contributed by atoms with Crippen LogP contribution in [0.3, 0.4) is 0 Å². The van der Waals surface area contributed by atoms with Crippen molar-refractivity contribution in [3.05, 3.63) is 35.9 Å². The molecular formula is C8H6NO2-. The zero-order valence-electron chi connectivity index (χ0n) is 5.70. The van der Waals surface area contributed by atoms with Crippen LogP contribution in [0.15, 0.2) is 30.3 Å². The maximum Gasteiger partial charge on any atom is 0.0898 e. The molecule has 1 rings (SSSR count). The van der Waals surface area contributed by atoms with E-state index in [0.29, 0.717) is 5.56 Å². The highest BCUT2D eigenvalue weighted by Crippen LogP contribution is 1.98. The van der Waals surface area contributed by atoms with Gasteiger partial charge in [0.05, 0.1) is 11.7 Å². The summed E-state index contributed by atoms with van der Waals surface area (Å²) < 4.78 is 0. The fourth-order valence-corrected chi connectivity index (χ4v) is 0.723. The predicted molar refractivity (Wildman–Crippen MR) is 38.3 cm³/mol. The molecule has 0 aromatic heterocycles. The van der Waals surface area contributed by atoms with Crippen LogP contribution in [0.4, 0.5) is 0 Å². The summed E-state index contributed by atoms with van der Waals surface area (Å²) in [7, 11) is 0. The first-order valence-electron chi connectivity index (χ1n) is 3.07. The van der Waals surface area contributed by atoms with Gasteiger partial charge in [-0.2, -0.15) is 0 Å². The van der Waals surface area contributed by atoms with Crippen molar-refractivity contribution in [2.75, 3.05) is 0 Å². The van der Waals surface area contributed by atoms with Crippen LogP contribution in [0.25, 0.3) is 0 Å². The molecule has 1 aromatic carbocycles. The highest BCUT2D eigenvalue weighted by molar-refractivity contribution is 6.40. The van der Waals surface area contributed by atoms with Crippen molar-refractivity contribution in [1.29, 1.82) is 5.41 Å². The van der Waals surface area contributed by atoms with Crippen LogP contribution < -0.4 is 5.11 Å². The van der Waals surface area contributed by atoms with Crippen molar-refractivity contribution in [3.8, 4) is 0 Å².